The minimum atomic E-state index is -4.31. The number of rotatable bonds is 6. The van der Waals surface area contributed by atoms with E-state index in [1.165, 1.54) is 17.0 Å². The standard InChI is InChI=1S/C17H21F3N4S/c1-3-14-11-23-15(25-14)8-9-22-16(21-2)24-10-12-4-6-13(7-5-12)17(18,19)20/h4-7,11H,3,8-10H2,1-2H3,(H2,21,22,24). The molecular formula is C17H21F3N4S. The van der Waals surface area contributed by atoms with E-state index in [9.17, 15) is 13.2 Å². The quantitative estimate of drug-likeness (QED) is 0.603. The number of halogens is 3. The van der Waals surface area contributed by atoms with Gasteiger partial charge in [-0.1, -0.05) is 19.1 Å². The van der Waals surface area contributed by atoms with Gasteiger partial charge in [0, 0.05) is 37.6 Å². The monoisotopic (exact) mass is 370 g/mol. The molecule has 8 heteroatoms. The topological polar surface area (TPSA) is 49.3 Å². The molecule has 4 nitrogen and oxygen atoms in total. The largest absolute Gasteiger partial charge is 0.416 e. The van der Waals surface area contributed by atoms with E-state index in [0.29, 0.717) is 19.0 Å². The number of aryl methyl sites for hydroxylation is 1. The average Bonchev–Trinajstić information content (AvgIpc) is 3.05. The van der Waals surface area contributed by atoms with Gasteiger partial charge in [-0.05, 0) is 24.1 Å². The highest BCUT2D eigenvalue weighted by molar-refractivity contribution is 7.11. The molecule has 25 heavy (non-hydrogen) atoms. The van der Waals surface area contributed by atoms with Gasteiger partial charge in [0.15, 0.2) is 5.96 Å². The summed E-state index contributed by atoms with van der Waals surface area (Å²) < 4.78 is 37.6. The van der Waals surface area contributed by atoms with Gasteiger partial charge in [-0.3, -0.25) is 4.99 Å². The summed E-state index contributed by atoms with van der Waals surface area (Å²) in [4.78, 5) is 9.73. The van der Waals surface area contributed by atoms with Crippen LogP contribution in [0.15, 0.2) is 35.5 Å². The van der Waals surface area contributed by atoms with Gasteiger partial charge in [0.25, 0.3) is 0 Å². The number of hydrogen-bond donors (Lipinski definition) is 2. The minimum absolute atomic E-state index is 0.398. The summed E-state index contributed by atoms with van der Waals surface area (Å²) in [6.07, 6.45) is -0.623. The van der Waals surface area contributed by atoms with Gasteiger partial charge < -0.3 is 10.6 Å². The highest BCUT2D eigenvalue weighted by Crippen LogP contribution is 2.29. The fourth-order valence-corrected chi connectivity index (χ4v) is 2.99. The van der Waals surface area contributed by atoms with E-state index < -0.39 is 11.7 Å². The first-order chi connectivity index (χ1) is 11.9. The lowest BCUT2D eigenvalue weighted by Crippen LogP contribution is -2.37. The Morgan fingerprint density at radius 2 is 1.92 bits per heavy atom. The summed E-state index contributed by atoms with van der Waals surface area (Å²) in [6.45, 7) is 3.18. The van der Waals surface area contributed by atoms with Crippen LogP contribution in [0.2, 0.25) is 0 Å². The molecule has 0 aliphatic heterocycles. The van der Waals surface area contributed by atoms with Crippen molar-refractivity contribution in [3.63, 3.8) is 0 Å². The zero-order valence-corrected chi connectivity index (χ0v) is 15.0. The first-order valence-corrected chi connectivity index (χ1v) is 8.78. The molecule has 1 aromatic heterocycles. The van der Waals surface area contributed by atoms with Crippen molar-refractivity contribution in [1.29, 1.82) is 0 Å². The Labute approximate surface area is 149 Å². The van der Waals surface area contributed by atoms with Crippen LogP contribution < -0.4 is 10.6 Å². The number of benzene rings is 1. The van der Waals surface area contributed by atoms with Crippen molar-refractivity contribution in [1.82, 2.24) is 15.6 Å². The second-order valence-corrected chi connectivity index (χ2v) is 6.57. The van der Waals surface area contributed by atoms with E-state index in [2.05, 4.69) is 27.5 Å². The number of alkyl halides is 3. The van der Waals surface area contributed by atoms with Crippen LogP contribution in [-0.2, 0) is 25.6 Å². The van der Waals surface area contributed by atoms with Gasteiger partial charge in [-0.15, -0.1) is 11.3 Å². The minimum Gasteiger partial charge on any atom is -0.356 e. The molecule has 1 heterocycles. The third-order valence-corrected chi connectivity index (χ3v) is 4.75. The van der Waals surface area contributed by atoms with Crippen LogP contribution in [0.1, 0.15) is 27.9 Å². The van der Waals surface area contributed by atoms with Crippen LogP contribution in [0.3, 0.4) is 0 Å². The highest BCUT2D eigenvalue weighted by Gasteiger charge is 2.29. The third-order valence-electron chi connectivity index (χ3n) is 3.55. The van der Waals surface area contributed by atoms with Gasteiger partial charge in [0.2, 0.25) is 0 Å². The number of thiazole rings is 1. The second-order valence-electron chi connectivity index (χ2n) is 5.37. The lowest BCUT2D eigenvalue weighted by atomic mass is 10.1. The number of aromatic nitrogens is 1. The molecule has 0 saturated carbocycles. The number of guanidine groups is 1. The molecule has 2 N–H and O–H groups in total. The zero-order valence-electron chi connectivity index (χ0n) is 14.2. The van der Waals surface area contributed by atoms with Crippen LogP contribution in [0.4, 0.5) is 13.2 Å². The summed E-state index contributed by atoms with van der Waals surface area (Å²) in [5.41, 5.74) is 0.108. The maximum absolute atomic E-state index is 12.5. The molecule has 0 bridgehead atoms. The Balaban J connectivity index is 1.78. The summed E-state index contributed by atoms with van der Waals surface area (Å²) in [6, 6.07) is 5.10. The fourth-order valence-electron chi connectivity index (χ4n) is 2.13. The van der Waals surface area contributed by atoms with Gasteiger partial charge >= 0.3 is 6.18 Å². The molecule has 0 atom stereocenters. The van der Waals surface area contributed by atoms with E-state index in [1.54, 1.807) is 18.4 Å². The average molecular weight is 370 g/mol. The lowest BCUT2D eigenvalue weighted by molar-refractivity contribution is -0.137. The summed E-state index contributed by atoms with van der Waals surface area (Å²) in [5, 5.41) is 7.34. The van der Waals surface area contributed by atoms with E-state index in [4.69, 9.17) is 0 Å². The van der Waals surface area contributed by atoms with Crippen molar-refractivity contribution < 1.29 is 13.2 Å². The molecule has 0 aliphatic rings. The van der Waals surface area contributed by atoms with E-state index >= 15 is 0 Å². The Morgan fingerprint density at radius 1 is 1.20 bits per heavy atom. The molecule has 0 saturated heterocycles. The van der Waals surface area contributed by atoms with Crippen molar-refractivity contribution in [2.24, 2.45) is 4.99 Å². The molecule has 0 unspecified atom stereocenters. The molecule has 136 valence electrons. The molecule has 0 aliphatic carbocycles. The predicted molar refractivity (Wildman–Crippen MR) is 94.8 cm³/mol. The Bertz CT molecular complexity index is 693. The van der Waals surface area contributed by atoms with E-state index in [1.807, 2.05) is 6.20 Å². The number of nitrogens with one attached hydrogen (secondary N) is 2. The Morgan fingerprint density at radius 3 is 2.48 bits per heavy atom. The molecule has 0 amide bonds. The van der Waals surface area contributed by atoms with Crippen LogP contribution >= 0.6 is 11.3 Å². The van der Waals surface area contributed by atoms with E-state index in [0.717, 1.165) is 35.5 Å². The first kappa shape index (κ1) is 19.2. The molecule has 0 radical (unpaired) electrons. The summed E-state index contributed by atoms with van der Waals surface area (Å²) >= 11 is 1.70. The number of aliphatic imine (C=N–C) groups is 1. The maximum Gasteiger partial charge on any atom is 0.416 e. The maximum atomic E-state index is 12.5. The fraction of sp³-hybridized carbons (Fsp3) is 0.412. The molecule has 2 aromatic rings. The number of nitrogens with zero attached hydrogens (tertiary/aromatic N) is 2. The Kier molecular flexibility index (Phi) is 6.81. The van der Waals surface area contributed by atoms with E-state index in [-0.39, 0.29) is 0 Å². The molecule has 2 rings (SSSR count). The van der Waals surface area contributed by atoms with Crippen molar-refractivity contribution in [3.05, 3.63) is 51.5 Å². The molecule has 0 fully saturated rings. The van der Waals surface area contributed by atoms with Gasteiger partial charge in [0.05, 0.1) is 10.6 Å². The van der Waals surface area contributed by atoms with Crippen LogP contribution in [-0.4, -0.2) is 24.5 Å². The molecule has 0 spiro atoms. The smallest absolute Gasteiger partial charge is 0.356 e. The number of hydrogen-bond acceptors (Lipinski definition) is 3. The molecule has 1 aromatic carbocycles. The lowest BCUT2D eigenvalue weighted by Gasteiger charge is -2.12. The van der Waals surface area contributed by atoms with Crippen molar-refractivity contribution in [2.45, 2.75) is 32.5 Å². The van der Waals surface area contributed by atoms with Gasteiger partial charge in [-0.2, -0.15) is 13.2 Å². The first-order valence-electron chi connectivity index (χ1n) is 7.96. The molecular weight excluding hydrogens is 349 g/mol. The van der Waals surface area contributed by atoms with Crippen molar-refractivity contribution >= 4 is 17.3 Å². The van der Waals surface area contributed by atoms with Crippen LogP contribution in [0, 0.1) is 0 Å². The SMILES string of the molecule is CCc1cnc(CCNC(=NC)NCc2ccc(C(F)(F)F)cc2)s1. The van der Waals surface area contributed by atoms with Gasteiger partial charge in [-0.25, -0.2) is 4.98 Å². The highest BCUT2D eigenvalue weighted by atomic mass is 32.1. The second kappa shape index (κ2) is 8.84. The third kappa shape index (κ3) is 6.04. The normalized spacial score (nSPS) is 12.3. The predicted octanol–water partition coefficient (Wildman–Crippen LogP) is 3.63. The van der Waals surface area contributed by atoms with Crippen molar-refractivity contribution in [3.8, 4) is 0 Å². The van der Waals surface area contributed by atoms with Crippen molar-refractivity contribution in [2.75, 3.05) is 13.6 Å². The van der Waals surface area contributed by atoms with Gasteiger partial charge in [0.1, 0.15) is 0 Å². The zero-order chi connectivity index (χ0) is 18.3. The van der Waals surface area contributed by atoms with Crippen LogP contribution in [0.25, 0.3) is 0 Å². The summed E-state index contributed by atoms with van der Waals surface area (Å²) in [7, 11) is 1.65. The summed E-state index contributed by atoms with van der Waals surface area (Å²) in [5.74, 6) is 0.604. The Hall–Kier alpha value is -2.09. The van der Waals surface area contributed by atoms with Crippen LogP contribution in [0.5, 0.6) is 0 Å².